The van der Waals surface area contributed by atoms with Crippen molar-refractivity contribution in [1.29, 1.82) is 0 Å². The Bertz CT molecular complexity index is 643. The number of aryl methyl sites for hydroxylation is 2. The zero-order valence-electron chi connectivity index (χ0n) is 12.4. The summed E-state index contributed by atoms with van der Waals surface area (Å²) < 4.78 is 0. The molecule has 2 aromatic rings. The SMILES string of the molecule is Cc1cc(C)c(C)c(Cc2cccc(C(=O)O)c2)c1C. The number of hydrogen-bond acceptors (Lipinski definition) is 1. The second-order valence-electron chi connectivity index (χ2n) is 5.42. The van der Waals surface area contributed by atoms with Crippen LogP contribution in [-0.4, -0.2) is 11.1 Å². The smallest absolute Gasteiger partial charge is 0.335 e. The minimum Gasteiger partial charge on any atom is -0.478 e. The number of carboxylic acids is 1. The van der Waals surface area contributed by atoms with Crippen LogP contribution < -0.4 is 0 Å². The zero-order valence-corrected chi connectivity index (χ0v) is 12.4. The zero-order chi connectivity index (χ0) is 14.9. The molecule has 0 aromatic heterocycles. The van der Waals surface area contributed by atoms with Crippen LogP contribution >= 0.6 is 0 Å². The molecule has 0 radical (unpaired) electrons. The maximum Gasteiger partial charge on any atom is 0.335 e. The Kier molecular flexibility index (Phi) is 3.93. The van der Waals surface area contributed by atoms with Gasteiger partial charge in [0.15, 0.2) is 0 Å². The normalized spacial score (nSPS) is 10.6. The van der Waals surface area contributed by atoms with Gasteiger partial charge in [0.05, 0.1) is 5.56 Å². The van der Waals surface area contributed by atoms with Gasteiger partial charge in [-0.3, -0.25) is 0 Å². The molecule has 0 amide bonds. The Labute approximate surface area is 120 Å². The van der Waals surface area contributed by atoms with Crippen LogP contribution in [0.4, 0.5) is 0 Å². The van der Waals surface area contributed by atoms with Gasteiger partial charge in [-0.1, -0.05) is 18.2 Å². The molecule has 0 saturated heterocycles. The molecular formula is C18H20O2. The summed E-state index contributed by atoms with van der Waals surface area (Å²) >= 11 is 0. The Morgan fingerprint density at radius 2 is 1.60 bits per heavy atom. The second-order valence-corrected chi connectivity index (χ2v) is 5.42. The van der Waals surface area contributed by atoms with E-state index in [1.54, 1.807) is 12.1 Å². The van der Waals surface area contributed by atoms with Crippen LogP contribution in [0, 0.1) is 27.7 Å². The lowest BCUT2D eigenvalue weighted by Gasteiger charge is -2.15. The molecule has 0 aliphatic heterocycles. The van der Waals surface area contributed by atoms with Crippen LogP contribution in [0.1, 0.15) is 43.7 Å². The van der Waals surface area contributed by atoms with Crippen molar-refractivity contribution in [2.45, 2.75) is 34.1 Å². The van der Waals surface area contributed by atoms with E-state index in [1.807, 2.05) is 12.1 Å². The highest BCUT2D eigenvalue weighted by Crippen LogP contribution is 2.24. The Morgan fingerprint density at radius 1 is 1.00 bits per heavy atom. The fraction of sp³-hybridized carbons (Fsp3) is 0.278. The molecule has 0 spiro atoms. The lowest BCUT2D eigenvalue weighted by atomic mass is 9.90. The van der Waals surface area contributed by atoms with Gasteiger partial charge in [0.1, 0.15) is 0 Å². The molecule has 20 heavy (non-hydrogen) atoms. The number of carboxylic acid groups (broad SMARTS) is 1. The van der Waals surface area contributed by atoms with Crippen molar-refractivity contribution in [3.05, 3.63) is 69.3 Å². The van der Waals surface area contributed by atoms with Gasteiger partial charge in [0.2, 0.25) is 0 Å². The maximum atomic E-state index is 11.0. The topological polar surface area (TPSA) is 37.3 Å². The molecule has 2 heteroatoms. The molecule has 0 unspecified atom stereocenters. The van der Waals surface area contributed by atoms with Crippen molar-refractivity contribution in [3.8, 4) is 0 Å². The predicted octanol–water partition coefficient (Wildman–Crippen LogP) is 4.21. The van der Waals surface area contributed by atoms with Crippen molar-refractivity contribution < 1.29 is 9.90 Å². The third-order valence-electron chi connectivity index (χ3n) is 4.08. The molecule has 0 atom stereocenters. The minimum absolute atomic E-state index is 0.349. The quantitative estimate of drug-likeness (QED) is 0.905. The molecule has 0 aliphatic rings. The molecular weight excluding hydrogens is 248 g/mol. The number of benzene rings is 2. The Morgan fingerprint density at radius 3 is 2.15 bits per heavy atom. The number of rotatable bonds is 3. The fourth-order valence-corrected chi connectivity index (χ4v) is 2.58. The summed E-state index contributed by atoms with van der Waals surface area (Å²) in [5.41, 5.74) is 7.88. The van der Waals surface area contributed by atoms with Gasteiger partial charge < -0.3 is 5.11 Å². The summed E-state index contributed by atoms with van der Waals surface area (Å²) in [5.74, 6) is -0.874. The third-order valence-corrected chi connectivity index (χ3v) is 4.08. The molecule has 104 valence electrons. The summed E-state index contributed by atoms with van der Waals surface area (Å²) in [5, 5.41) is 9.07. The highest BCUT2D eigenvalue weighted by Gasteiger charge is 2.10. The van der Waals surface area contributed by atoms with Crippen LogP contribution in [0.25, 0.3) is 0 Å². The van der Waals surface area contributed by atoms with Crippen molar-refractivity contribution in [3.63, 3.8) is 0 Å². The lowest BCUT2D eigenvalue weighted by Crippen LogP contribution is -2.02. The van der Waals surface area contributed by atoms with Crippen LogP contribution in [-0.2, 0) is 6.42 Å². The molecule has 2 rings (SSSR count). The van der Waals surface area contributed by atoms with Crippen LogP contribution in [0.3, 0.4) is 0 Å². The summed E-state index contributed by atoms with van der Waals surface area (Å²) in [4.78, 5) is 11.0. The molecule has 0 aliphatic carbocycles. The Hall–Kier alpha value is -2.09. The monoisotopic (exact) mass is 268 g/mol. The van der Waals surface area contributed by atoms with Gasteiger partial charge in [-0.2, -0.15) is 0 Å². The largest absolute Gasteiger partial charge is 0.478 e. The molecule has 0 bridgehead atoms. The maximum absolute atomic E-state index is 11.0. The van der Waals surface area contributed by atoms with Gasteiger partial charge in [-0.25, -0.2) is 4.79 Å². The first-order chi connectivity index (χ1) is 9.40. The average Bonchev–Trinajstić information content (AvgIpc) is 2.42. The minimum atomic E-state index is -0.874. The summed E-state index contributed by atoms with van der Waals surface area (Å²) in [6, 6.07) is 9.41. The van der Waals surface area contributed by atoms with E-state index in [0.717, 1.165) is 12.0 Å². The van der Waals surface area contributed by atoms with Gasteiger partial charge in [0.25, 0.3) is 0 Å². The van der Waals surface area contributed by atoms with Crippen LogP contribution in [0.2, 0.25) is 0 Å². The Balaban J connectivity index is 2.45. The molecule has 1 N–H and O–H groups in total. The number of hydrogen-bond donors (Lipinski definition) is 1. The van der Waals surface area contributed by atoms with Gasteiger partial charge >= 0.3 is 5.97 Å². The summed E-state index contributed by atoms with van der Waals surface area (Å²) in [7, 11) is 0. The summed E-state index contributed by atoms with van der Waals surface area (Å²) in [6.07, 6.45) is 0.779. The standard InChI is InChI=1S/C18H20O2/c1-11-8-12(2)14(4)17(13(11)3)10-15-6-5-7-16(9-15)18(19)20/h5-9H,10H2,1-4H3,(H,19,20). The fourth-order valence-electron chi connectivity index (χ4n) is 2.58. The first kappa shape index (κ1) is 14.3. The van der Waals surface area contributed by atoms with E-state index in [1.165, 1.54) is 27.8 Å². The highest BCUT2D eigenvalue weighted by molar-refractivity contribution is 5.87. The van der Waals surface area contributed by atoms with Crippen LogP contribution in [0.5, 0.6) is 0 Å². The van der Waals surface area contributed by atoms with E-state index in [0.29, 0.717) is 5.56 Å². The molecule has 0 saturated carbocycles. The first-order valence-electron chi connectivity index (χ1n) is 6.78. The average molecular weight is 268 g/mol. The van der Waals surface area contributed by atoms with Crippen LogP contribution in [0.15, 0.2) is 30.3 Å². The summed E-state index contributed by atoms with van der Waals surface area (Å²) in [6.45, 7) is 8.52. The third kappa shape index (κ3) is 2.74. The first-order valence-corrected chi connectivity index (χ1v) is 6.78. The lowest BCUT2D eigenvalue weighted by molar-refractivity contribution is 0.0697. The molecule has 0 heterocycles. The van der Waals surface area contributed by atoms with Gasteiger partial charge in [-0.15, -0.1) is 0 Å². The second kappa shape index (κ2) is 5.49. The van der Waals surface area contributed by atoms with Gasteiger partial charge in [-0.05, 0) is 79.6 Å². The molecule has 2 nitrogen and oxygen atoms in total. The van der Waals surface area contributed by atoms with E-state index in [4.69, 9.17) is 5.11 Å². The van der Waals surface area contributed by atoms with Crippen molar-refractivity contribution >= 4 is 5.97 Å². The van der Waals surface area contributed by atoms with E-state index in [2.05, 4.69) is 33.8 Å². The number of aromatic carboxylic acids is 1. The van der Waals surface area contributed by atoms with Crippen molar-refractivity contribution in [1.82, 2.24) is 0 Å². The predicted molar refractivity (Wildman–Crippen MR) is 81.6 cm³/mol. The van der Waals surface area contributed by atoms with Crippen molar-refractivity contribution in [2.24, 2.45) is 0 Å². The highest BCUT2D eigenvalue weighted by atomic mass is 16.4. The van der Waals surface area contributed by atoms with Crippen molar-refractivity contribution in [2.75, 3.05) is 0 Å². The van der Waals surface area contributed by atoms with Gasteiger partial charge in [0, 0.05) is 0 Å². The van der Waals surface area contributed by atoms with E-state index in [9.17, 15) is 4.79 Å². The van der Waals surface area contributed by atoms with E-state index in [-0.39, 0.29) is 0 Å². The molecule has 2 aromatic carbocycles. The number of carbonyl (C=O) groups is 1. The molecule has 0 fully saturated rings. The van der Waals surface area contributed by atoms with E-state index >= 15 is 0 Å². The van der Waals surface area contributed by atoms with E-state index < -0.39 is 5.97 Å².